The minimum atomic E-state index is -5.68. The number of nitrogens with one attached hydrogen (secondary N) is 1. The third-order valence-corrected chi connectivity index (χ3v) is 4.60. The maximum absolute atomic E-state index is 12.8. The van der Waals surface area contributed by atoms with Crippen molar-refractivity contribution in [2.24, 2.45) is 0 Å². The standard InChI is InChI=1S/C14H19F5N2O2S/c1-9(21-24(22)12(2,3)4)10-5-6-11(20-7-10)23-8-13(15,16)14(17,18)19/h5-7,9,21H,8H2,1-4H3/t9?,24-/m1/s1. The van der Waals surface area contributed by atoms with Crippen LogP contribution in [0.25, 0.3) is 0 Å². The number of aromatic nitrogens is 1. The van der Waals surface area contributed by atoms with Crippen molar-refractivity contribution in [1.29, 1.82) is 0 Å². The Labute approximate surface area is 139 Å². The Balaban J connectivity index is 2.68. The number of hydrogen-bond donors (Lipinski definition) is 1. The van der Waals surface area contributed by atoms with Gasteiger partial charge in [-0.25, -0.2) is 13.9 Å². The average Bonchev–Trinajstić information content (AvgIpc) is 2.43. The molecule has 1 heterocycles. The first-order valence-corrected chi connectivity index (χ1v) is 8.10. The van der Waals surface area contributed by atoms with Crippen LogP contribution >= 0.6 is 0 Å². The van der Waals surface area contributed by atoms with E-state index in [1.54, 1.807) is 27.7 Å². The van der Waals surface area contributed by atoms with Crippen molar-refractivity contribution in [2.45, 2.75) is 50.6 Å². The van der Waals surface area contributed by atoms with Gasteiger partial charge in [0.2, 0.25) is 5.88 Å². The molecule has 1 N–H and O–H groups in total. The quantitative estimate of drug-likeness (QED) is 0.772. The summed E-state index contributed by atoms with van der Waals surface area (Å²) in [6, 6.07) is 2.27. The second-order valence-electron chi connectivity index (χ2n) is 6.14. The number of rotatable bonds is 6. The maximum atomic E-state index is 12.8. The minimum Gasteiger partial charge on any atom is -0.471 e. The molecule has 0 aliphatic rings. The summed E-state index contributed by atoms with van der Waals surface area (Å²) in [4.78, 5) is 3.69. The zero-order chi connectivity index (χ0) is 18.8. The predicted octanol–water partition coefficient (Wildman–Crippen LogP) is 3.77. The van der Waals surface area contributed by atoms with Crippen molar-refractivity contribution >= 4 is 11.0 Å². The molecule has 10 heteroatoms. The van der Waals surface area contributed by atoms with Crippen molar-refractivity contribution in [3.8, 4) is 5.88 Å². The fourth-order valence-corrected chi connectivity index (χ4v) is 2.20. The molecule has 0 saturated heterocycles. The zero-order valence-electron chi connectivity index (χ0n) is 13.6. The van der Waals surface area contributed by atoms with E-state index in [0.29, 0.717) is 5.56 Å². The van der Waals surface area contributed by atoms with Crippen LogP contribution in [0.1, 0.15) is 39.3 Å². The van der Waals surface area contributed by atoms with Crippen molar-refractivity contribution in [3.63, 3.8) is 0 Å². The first-order chi connectivity index (χ1) is 10.7. The number of hydrogen-bond acceptors (Lipinski definition) is 3. The molecule has 138 valence electrons. The van der Waals surface area contributed by atoms with Crippen molar-refractivity contribution in [2.75, 3.05) is 6.61 Å². The summed E-state index contributed by atoms with van der Waals surface area (Å²) in [5.41, 5.74) is 0.586. The molecule has 0 amide bonds. The molecule has 0 aliphatic carbocycles. The molecule has 0 aromatic carbocycles. The van der Waals surface area contributed by atoms with Gasteiger partial charge in [0.25, 0.3) is 0 Å². The van der Waals surface area contributed by atoms with Gasteiger partial charge in [0.15, 0.2) is 6.61 Å². The van der Waals surface area contributed by atoms with Gasteiger partial charge in [0.1, 0.15) is 0 Å². The molecular weight excluding hydrogens is 355 g/mol. The van der Waals surface area contributed by atoms with Crippen LogP contribution in [0.15, 0.2) is 18.3 Å². The SMILES string of the molecule is CC(N[S@](=O)C(C)(C)C)c1ccc(OCC(F)(F)C(F)(F)F)nc1. The fraction of sp³-hybridized carbons (Fsp3) is 0.643. The van der Waals surface area contributed by atoms with E-state index in [0.717, 1.165) is 0 Å². The van der Waals surface area contributed by atoms with E-state index in [9.17, 15) is 26.2 Å². The smallest absolute Gasteiger partial charge is 0.456 e. The second kappa shape index (κ2) is 7.30. The molecule has 0 bridgehead atoms. The molecule has 0 radical (unpaired) electrons. The van der Waals surface area contributed by atoms with E-state index < -0.39 is 34.4 Å². The highest BCUT2D eigenvalue weighted by Crippen LogP contribution is 2.35. The van der Waals surface area contributed by atoms with Crippen LogP contribution in [0.5, 0.6) is 5.88 Å². The molecule has 24 heavy (non-hydrogen) atoms. The van der Waals surface area contributed by atoms with E-state index in [4.69, 9.17) is 0 Å². The Hall–Kier alpha value is -1.29. The predicted molar refractivity (Wildman–Crippen MR) is 80.2 cm³/mol. The Morgan fingerprint density at radius 2 is 1.79 bits per heavy atom. The molecule has 0 saturated carbocycles. The fourth-order valence-electron chi connectivity index (χ4n) is 1.39. The molecule has 0 fully saturated rings. The lowest BCUT2D eigenvalue weighted by Crippen LogP contribution is -2.41. The van der Waals surface area contributed by atoms with Crippen molar-refractivity contribution in [1.82, 2.24) is 9.71 Å². The molecule has 1 rings (SSSR count). The number of halogens is 5. The topological polar surface area (TPSA) is 51.2 Å². The van der Waals surface area contributed by atoms with Crippen LogP contribution in [0.3, 0.4) is 0 Å². The van der Waals surface area contributed by atoms with Crippen LogP contribution in [0.4, 0.5) is 22.0 Å². The summed E-state index contributed by atoms with van der Waals surface area (Å²) in [5, 5.41) is 0. The van der Waals surface area contributed by atoms with Crippen LogP contribution in [0.2, 0.25) is 0 Å². The summed E-state index contributed by atoms with van der Waals surface area (Å²) in [7, 11) is -1.33. The van der Waals surface area contributed by atoms with E-state index in [1.165, 1.54) is 18.3 Å². The summed E-state index contributed by atoms with van der Waals surface area (Å²) >= 11 is 0. The van der Waals surface area contributed by atoms with Gasteiger partial charge in [-0.2, -0.15) is 22.0 Å². The highest BCUT2D eigenvalue weighted by Gasteiger charge is 2.58. The summed E-state index contributed by atoms with van der Waals surface area (Å²) in [5.74, 6) is -5.31. The zero-order valence-corrected chi connectivity index (χ0v) is 14.4. The molecular formula is C14H19F5N2O2S. The van der Waals surface area contributed by atoms with Gasteiger partial charge in [-0.05, 0) is 33.3 Å². The molecule has 0 aliphatic heterocycles. The monoisotopic (exact) mass is 374 g/mol. The Bertz CT molecular complexity index is 570. The molecule has 2 atom stereocenters. The second-order valence-corrected chi connectivity index (χ2v) is 8.14. The van der Waals surface area contributed by atoms with Gasteiger partial charge in [-0.1, -0.05) is 6.07 Å². The Morgan fingerprint density at radius 1 is 1.21 bits per heavy atom. The van der Waals surface area contributed by atoms with Crippen molar-refractivity contribution in [3.05, 3.63) is 23.9 Å². The first kappa shape index (κ1) is 20.8. The molecule has 4 nitrogen and oxygen atoms in total. The van der Waals surface area contributed by atoms with Crippen LogP contribution in [0, 0.1) is 0 Å². The van der Waals surface area contributed by atoms with Crippen LogP contribution in [-0.2, 0) is 11.0 Å². The largest absolute Gasteiger partial charge is 0.471 e. The lowest BCUT2D eigenvalue weighted by Gasteiger charge is -2.22. The summed E-state index contributed by atoms with van der Waals surface area (Å²) in [6.07, 6.45) is -4.42. The number of alkyl halides is 5. The van der Waals surface area contributed by atoms with Gasteiger partial charge in [-0.15, -0.1) is 0 Å². The number of pyridine rings is 1. The Morgan fingerprint density at radius 3 is 2.21 bits per heavy atom. The Kier molecular flexibility index (Phi) is 6.31. The van der Waals surface area contributed by atoms with Crippen molar-refractivity contribution < 1.29 is 30.9 Å². The van der Waals surface area contributed by atoms with Gasteiger partial charge in [-0.3, -0.25) is 0 Å². The van der Waals surface area contributed by atoms with Crippen LogP contribution in [-0.4, -0.2) is 32.6 Å². The van der Waals surface area contributed by atoms with E-state index in [-0.39, 0.29) is 11.9 Å². The van der Waals surface area contributed by atoms with Gasteiger partial charge >= 0.3 is 12.1 Å². The van der Waals surface area contributed by atoms with Crippen LogP contribution < -0.4 is 9.46 Å². The minimum absolute atomic E-state index is 0.355. The summed E-state index contributed by atoms with van der Waals surface area (Å²) in [6.45, 7) is 5.25. The van der Waals surface area contributed by atoms with Gasteiger partial charge < -0.3 is 4.74 Å². The van der Waals surface area contributed by atoms with E-state index in [2.05, 4.69) is 14.4 Å². The molecule has 1 aromatic heterocycles. The summed E-state index contributed by atoms with van der Waals surface area (Å²) < 4.78 is 80.4. The lowest BCUT2D eigenvalue weighted by atomic mass is 10.2. The van der Waals surface area contributed by atoms with E-state index in [1.807, 2.05) is 0 Å². The van der Waals surface area contributed by atoms with E-state index >= 15 is 0 Å². The normalized spacial score (nSPS) is 15.9. The third kappa shape index (κ3) is 5.66. The highest BCUT2D eigenvalue weighted by molar-refractivity contribution is 7.84. The lowest BCUT2D eigenvalue weighted by molar-refractivity contribution is -0.290. The first-order valence-electron chi connectivity index (χ1n) is 6.95. The number of ether oxygens (including phenoxy) is 1. The van der Waals surface area contributed by atoms with Gasteiger partial charge in [0.05, 0.1) is 15.7 Å². The third-order valence-electron chi connectivity index (χ3n) is 2.92. The molecule has 1 aromatic rings. The highest BCUT2D eigenvalue weighted by atomic mass is 32.2. The molecule has 0 spiro atoms. The average molecular weight is 374 g/mol. The number of nitrogens with zero attached hydrogens (tertiary/aromatic N) is 1. The molecule has 1 unspecified atom stereocenters. The van der Waals surface area contributed by atoms with Gasteiger partial charge in [0, 0.05) is 18.3 Å². The maximum Gasteiger partial charge on any atom is 0.456 e.